The first-order valence-electron chi connectivity index (χ1n) is 6.00. The average Bonchev–Trinajstić information content (AvgIpc) is 2.81. The number of hydrogen-bond acceptors (Lipinski definition) is 2. The van der Waals surface area contributed by atoms with E-state index in [1.807, 2.05) is 17.6 Å². The molecule has 1 atom stereocenters. The minimum atomic E-state index is -0.305. The third-order valence-corrected chi connectivity index (χ3v) is 3.80. The van der Waals surface area contributed by atoms with E-state index in [0.29, 0.717) is 10.3 Å². The fourth-order valence-corrected chi connectivity index (χ4v) is 2.63. The standard InChI is InChI=1S/C14H10BrClFN3/c1-8(16)14-19-12-7-18-5-4-13(12)20(14)9-2-3-11(17)10(15)6-9/h2-8H,1H3. The predicted molar refractivity (Wildman–Crippen MR) is 80.8 cm³/mol. The number of halogens is 3. The summed E-state index contributed by atoms with van der Waals surface area (Å²) < 4.78 is 15.7. The van der Waals surface area contributed by atoms with Crippen molar-refractivity contribution in [1.82, 2.24) is 14.5 Å². The molecule has 6 heteroatoms. The lowest BCUT2D eigenvalue weighted by Gasteiger charge is -2.11. The van der Waals surface area contributed by atoms with E-state index in [2.05, 4.69) is 25.9 Å². The van der Waals surface area contributed by atoms with Crippen LogP contribution in [-0.4, -0.2) is 14.5 Å². The minimum Gasteiger partial charge on any atom is -0.295 e. The molecule has 0 amide bonds. The van der Waals surface area contributed by atoms with E-state index in [0.717, 1.165) is 16.7 Å². The molecule has 20 heavy (non-hydrogen) atoms. The van der Waals surface area contributed by atoms with E-state index >= 15 is 0 Å². The normalized spacial score (nSPS) is 12.8. The molecule has 0 aliphatic carbocycles. The van der Waals surface area contributed by atoms with Gasteiger partial charge >= 0.3 is 0 Å². The molecule has 0 aliphatic rings. The van der Waals surface area contributed by atoms with Crippen LogP contribution >= 0.6 is 27.5 Å². The van der Waals surface area contributed by atoms with Crippen molar-refractivity contribution in [3.05, 3.63) is 52.8 Å². The maximum atomic E-state index is 13.4. The number of pyridine rings is 1. The number of hydrogen-bond donors (Lipinski definition) is 0. The first kappa shape index (κ1) is 13.5. The highest BCUT2D eigenvalue weighted by Gasteiger charge is 2.16. The molecular formula is C14H10BrClFN3. The van der Waals surface area contributed by atoms with Crippen LogP contribution in [0.2, 0.25) is 0 Å². The van der Waals surface area contributed by atoms with E-state index in [1.54, 1.807) is 24.5 Å². The Balaban J connectivity index is 2.33. The summed E-state index contributed by atoms with van der Waals surface area (Å²) in [5, 5.41) is -0.272. The van der Waals surface area contributed by atoms with Gasteiger partial charge in [0.1, 0.15) is 17.2 Å². The molecule has 3 nitrogen and oxygen atoms in total. The minimum absolute atomic E-state index is 0.272. The first-order valence-corrected chi connectivity index (χ1v) is 7.22. The molecule has 2 heterocycles. The Hall–Kier alpha value is -1.46. The van der Waals surface area contributed by atoms with Crippen LogP contribution in [0.4, 0.5) is 4.39 Å². The zero-order valence-electron chi connectivity index (χ0n) is 10.5. The molecule has 1 unspecified atom stereocenters. The fraction of sp³-hybridized carbons (Fsp3) is 0.143. The second-order valence-electron chi connectivity index (χ2n) is 4.38. The molecule has 0 N–H and O–H groups in total. The van der Waals surface area contributed by atoms with Gasteiger partial charge in [0.25, 0.3) is 0 Å². The Bertz CT molecular complexity index is 785. The smallest absolute Gasteiger partial charge is 0.137 e. The van der Waals surface area contributed by atoms with Gasteiger partial charge in [0.15, 0.2) is 0 Å². The maximum absolute atomic E-state index is 13.4. The lowest BCUT2D eigenvalue weighted by molar-refractivity contribution is 0.620. The van der Waals surface area contributed by atoms with Crippen LogP contribution in [0.5, 0.6) is 0 Å². The first-order chi connectivity index (χ1) is 9.58. The van der Waals surface area contributed by atoms with Gasteiger partial charge in [0.2, 0.25) is 0 Å². The van der Waals surface area contributed by atoms with Crippen molar-refractivity contribution in [1.29, 1.82) is 0 Å². The lowest BCUT2D eigenvalue weighted by atomic mass is 10.3. The molecule has 0 radical (unpaired) electrons. The van der Waals surface area contributed by atoms with Crippen LogP contribution in [0.1, 0.15) is 18.1 Å². The summed E-state index contributed by atoms with van der Waals surface area (Å²) >= 11 is 9.41. The predicted octanol–water partition coefficient (Wildman–Crippen LogP) is 4.62. The largest absolute Gasteiger partial charge is 0.295 e. The number of alkyl halides is 1. The number of nitrogens with zero attached hydrogens (tertiary/aromatic N) is 3. The zero-order chi connectivity index (χ0) is 14.3. The second kappa shape index (κ2) is 5.14. The lowest BCUT2D eigenvalue weighted by Crippen LogP contribution is -2.02. The van der Waals surface area contributed by atoms with Crippen molar-refractivity contribution >= 4 is 38.6 Å². The highest BCUT2D eigenvalue weighted by molar-refractivity contribution is 9.10. The molecule has 3 rings (SSSR count). The van der Waals surface area contributed by atoms with Crippen molar-refractivity contribution in [2.45, 2.75) is 12.3 Å². The molecule has 0 bridgehead atoms. The molecule has 0 spiro atoms. The quantitative estimate of drug-likeness (QED) is 0.629. The fourth-order valence-electron chi connectivity index (χ4n) is 2.11. The Morgan fingerprint density at radius 2 is 2.15 bits per heavy atom. The van der Waals surface area contributed by atoms with Crippen LogP contribution in [0.15, 0.2) is 41.1 Å². The molecule has 3 aromatic rings. The molecule has 1 aromatic carbocycles. The van der Waals surface area contributed by atoms with Gasteiger partial charge in [0, 0.05) is 11.9 Å². The van der Waals surface area contributed by atoms with Crippen molar-refractivity contribution in [3.63, 3.8) is 0 Å². The van der Waals surface area contributed by atoms with Crippen LogP contribution < -0.4 is 0 Å². The summed E-state index contributed by atoms with van der Waals surface area (Å²) in [6, 6.07) is 6.68. The van der Waals surface area contributed by atoms with Crippen LogP contribution in [-0.2, 0) is 0 Å². The third-order valence-electron chi connectivity index (χ3n) is 3.00. The monoisotopic (exact) mass is 353 g/mol. The van der Waals surface area contributed by atoms with Crippen molar-refractivity contribution in [3.8, 4) is 5.69 Å². The Morgan fingerprint density at radius 1 is 1.35 bits per heavy atom. The van der Waals surface area contributed by atoms with E-state index in [-0.39, 0.29) is 11.2 Å². The summed E-state index contributed by atoms with van der Waals surface area (Å²) in [6.07, 6.45) is 3.38. The molecule has 2 aromatic heterocycles. The van der Waals surface area contributed by atoms with Gasteiger partial charge in [-0.1, -0.05) is 0 Å². The number of fused-ring (bicyclic) bond motifs is 1. The molecule has 0 fully saturated rings. The summed E-state index contributed by atoms with van der Waals surface area (Å²) in [5.41, 5.74) is 2.45. The topological polar surface area (TPSA) is 30.7 Å². The zero-order valence-corrected chi connectivity index (χ0v) is 12.9. The third kappa shape index (κ3) is 2.21. The molecule has 102 valence electrons. The summed E-state index contributed by atoms with van der Waals surface area (Å²) in [5.74, 6) is 0.397. The SMILES string of the molecule is CC(Cl)c1nc2cnccc2n1-c1ccc(F)c(Br)c1. The van der Waals surface area contributed by atoms with Gasteiger partial charge in [-0.3, -0.25) is 9.55 Å². The highest BCUT2D eigenvalue weighted by Crippen LogP contribution is 2.29. The van der Waals surface area contributed by atoms with Crippen LogP contribution in [0.25, 0.3) is 16.7 Å². The van der Waals surface area contributed by atoms with E-state index < -0.39 is 0 Å². The molecule has 0 aliphatic heterocycles. The second-order valence-corrected chi connectivity index (χ2v) is 5.89. The van der Waals surface area contributed by atoms with Crippen molar-refractivity contribution in [2.75, 3.05) is 0 Å². The number of aromatic nitrogens is 3. The van der Waals surface area contributed by atoms with Gasteiger partial charge in [-0.25, -0.2) is 9.37 Å². The van der Waals surface area contributed by atoms with Gasteiger partial charge in [0.05, 0.1) is 21.6 Å². The van der Waals surface area contributed by atoms with Crippen molar-refractivity contribution in [2.24, 2.45) is 0 Å². The molecule has 0 saturated heterocycles. The summed E-state index contributed by atoms with van der Waals surface area (Å²) in [4.78, 5) is 8.56. The summed E-state index contributed by atoms with van der Waals surface area (Å²) in [7, 11) is 0. The summed E-state index contributed by atoms with van der Waals surface area (Å²) in [6.45, 7) is 1.85. The van der Waals surface area contributed by atoms with Gasteiger partial charge in [-0.15, -0.1) is 11.6 Å². The Kier molecular flexibility index (Phi) is 3.48. The van der Waals surface area contributed by atoms with Gasteiger partial charge < -0.3 is 0 Å². The van der Waals surface area contributed by atoms with Crippen molar-refractivity contribution < 1.29 is 4.39 Å². The van der Waals surface area contributed by atoms with Crippen LogP contribution in [0.3, 0.4) is 0 Å². The van der Waals surface area contributed by atoms with E-state index in [1.165, 1.54) is 6.07 Å². The number of rotatable bonds is 2. The highest BCUT2D eigenvalue weighted by atomic mass is 79.9. The maximum Gasteiger partial charge on any atom is 0.137 e. The number of benzene rings is 1. The van der Waals surface area contributed by atoms with Gasteiger partial charge in [-0.05, 0) is 47.1 Å². The Morgan fingerprint density at radius 3 is 2.85 bits per heavy atom. The number of imidazole rings is 1. The van der Waals surface area contributed by atoms with Gasteiger partial charge in [-0.2, -0.15) is 0 Å². The van der Waals surface area contributed by atoms with E-state index in [9.17, 15) is 4.39 Å². The Labute approximate surface area is 128 Å². The van der Waals surface area contributed by atoms with Crippen LogP contribution in [0, 0.1) is 5.82 Å². The van der Waals surface area contributed by atoms with E-state index in [4.69, 9.17) is 11.6 Å². The molecular weight excluding hydrogens is 345 g/mol. The average molecular weight is 355 g/mol. The molecule has 0 saturated carbocycles.